The molecule has 2 amide bonds. The van der Waals surface area contributed by atoms with Crippen LogP contribution >= 0.6 is 0 Å². The Kier molecular flexibility index (Phi) is 7.90. The third-order valence-electron chi connectivity index (χ3n) is 6.47. The Hall–Kier alpha value is -3.85. The summed E-state index contributed by atoms with van der Waals surface area (Å²) >= 11 is 0. The van der Waals surface area contributed by atoms with Crippen LogP contribution in [0, 0.1) is 5.92 Å². The van der Waals surface area contributed by atoms with Crippen molar-refractivity contribution >= 4 is 11.8 Å². The SMILES string of the molecule is C[C@@H]1CN([C@H](C)CO)C(=O)c2cc(-c3ccncc3)cnc2O[C@@H]1CN(C)C(=O)Cc1ccccn1. The molecule has 9 nitrogen and oxygen atoms in total. The van der Waals surface area contributed by atoms with Gasteiger partial charge in [-0.25, -0.2) is 4.98 Å². The third kappa shape index (κ3) is 5.68. The molecule has 3 aromatic heterocycles. The molecule has 0 radical (unpaired) electrons. The molecular formula is C27H31N5O4. The van der Waals surface area contributed by atoms with Gasteiger partial charge < -0.3 is 19.6 Å². The molecule has 0 aromatic carbocycles. The molecule has 1 N–H and O–H groups in total. The molecule has 4 heterocycles. The average molecular weight is 490 g/mol. The lowest BCUT2D eigenvalue weighted by Crippen LogP contribution is -2.50. The molecule has 188 valence electrons. The normalized spacial score (nSPS) is 18.4. The van der Waals surface area contributed by atoms with Crippen molar-refractivity contribution in [1.29, 1.82) is 0 Å². The molecule has 1 aliphatic rings. The summed E-state index contributed by atoms with van der Waals surface area (Å²) in [6.45, 7) is 4.30. The Morgan fingerprint density at radius 1 is 1.19 bits per heavy atom. The molecule has 0 spiro atoms. The van der Waals surface area contributed by atoms with Crippen molar-refractivity contribution in [2.24, 2.45) is 5.92 Å². The first-order chi connectivity index (χ1) is 17.4. The molecule has 3 aromatic rings. The Bertz CT molecular complexity index is 1190. The van der Waals surface area contributed by atoms with Crippen LogP contribution in [0.25, 0.3) is 11.1 Å². The highest BCUT2D eigenvalue weighted by Crippen LogP contribution is 2.30. The van der Waals surface area contributed by atoms with Crippen LogP contribution in [0.1, 0.15) is 29.9 Å². The summed E-state index contributed by atoms with van der Waals surface area (Å²) in [7, 11) is 1.74. The quantitative estimate of drug-likeness (QED) is 0.543. The van der Waals surface area contributed by atoms with Gasteiger partial charge in [-0.3, -0.25) is 19.6 Å². The van der Waals surface area contributed by atoms with Gasteiger partial charge in [-0.05, 0) is 42.8 Å². The smallest absolute Gasteiger partial charge is 0.259 e. The van der Waals surface area contributed by atoms with Gasteiger partial charge >= 0.3 is 0 Å². The topological polar surface area (TPSA) is 109 Å². The van der Waals surface area contributed by atoms with Gasteiger partial charge in [0, 0.05) is 55.6 Å². The van der Waals surface area contributed by atoms with E-state index in [2.05, 4.69) is 15.0 Å². The summed E-state index contributed by atoms with van der Waals surface area (Å²) < 4.78 is 6.30. The van der Waals surface area contributed by atoms with Crippen molar-refractivity contribution in [3.63, 3.8) is 0 Å². The van der Waals surface area contributed by atoms with Gasteiger partial charge in [0.25, 0.3) is 5.91 Å². The summed E-state index contributed by atoms with van der Waals surface area (Å²) in [6, 6.07) is 10.6. The largest absolute Gasteiger partial charge is 0.472 e. The summed E-state index contributed by atoms with van der Waals surface area (Å²) in [5.74, 6) is -0.234. The highest BCUT2D eigenvalue weighted by atomic mass is 16.5. The Labute approximate surface area is 210 Å². The molecule has 0 unspecified atom stereocenters. The summed E-state index contributed by atoms with van der Waals surface area (Å²) in [5, 5.41) is 9.85. The maximum atomic E-state index is 13.6. The number of fused-ring (bicyclic) bond motifs is 1. The van der Waals surface area contributed by atoms with E-state index < -0.39 is 6.10 Å². The second-order valence-corrected chi connectivity index (χ2v) is 9.21. The van der Waals surface area contributed by atoms with Gasteiger partial charge in [-0.15, -0.1) is 0 Å². The van der Waals surface area contributed by atoms with Gasteiger partial charge in [0.05, 0.1) is 25.6 Å². The molecule has 0 saturated carbocycles. The lowest BCUT2D eigenvalue weighted by atomic mass is 9.99. The van der Waals surface area contributed by atoms with Crippen LogP contribution in [0.5, 0.6) is 5.88 Å². The van der Waals surface area contributed by atoms with E-state index in [-0.39, 0.29) is 42.7 Å². The molecule has 1 aliphatic heterocycles. The average Bonchev–Trinajstić information content (AvgIpc) is 2.91. The number of nitrogens with zero attached hydrogens (tertiary/aromatic N) is 5. The van der Waals surface area contributed by atoms with Crippen molar-refractivity contribution in [3.05, 3.63) is 72.4 Å². The number of aliphatic hydroxyl groups is 1. The fourth-order valence-corrected chi connectivity index (χ4v) is 4.19. The van der Waals surface area contributed by atoms with E-state index in [4.69, 9.17) is 4.74 Å². The van der Waals surface area contributed by atoms with E-state index >= 15 is 0 Å². The summed E-state index contributed by atoms with van der Waals surface area (Å²) in [4.78, 5) is 42.5. The van der Waals surface area contributed by atoms with Gasteiger partial charge in [0.2, 0.25) is 11.8 Å². The fraction of sp³-hybridized carbons (Fsp3) is 0.370. The number of carbonyl (C=O) groups excluding carboxylic acids is 2. The number of likely N-dealkylation sites (N-methyl/N-ethyl adjacent to an activating group) is 1. The monoisotopic (exact) mass is 489 g/mol. The van der Waals surface area contributed by atoms with Gasteiger partial charge in [-0.1, -0.05) is 13.0 Å². The first-order valence-electron chi connectivity index (χ1n) is 12.0. The second kappa shape index (κ2) is 11.3. The van der Waals surface area contributed by atoms with Crippen LogP contribution < -0.4 is 4.74 Å². The highest BCUT2D eigenvalue weighted by molar-refractivity contribution is 5.98. The minimum atomic E-state index is -0.415. The zero-order valence-corrected chi connectivity index (χ0v) is 20.7. The molecule has 0 bridgehead atoms. The number of hydrogen-bond donors (Lipinski definition) is 1. The molecule has 0 saturated heterocycles. The molecule has 9 heteroatoms. The third-order valence-corrected chi connectivity index (χ3v) is 6.47. The van der Waals surface area contributed by atoms with E-state index in [1.165, 1.54) is 0 Å². The number of pyridine rings is 3. The fourth-order valence-electron chi connectivity index (χ4n) is 4.19. The molecule has 0 fully saturated rings. The van der Waals surface area contributed by atoms with E-state index in [1.807, 2.05) is 44.2 Å². The number of hydrogen-bond acceptors (Lipinski definition) is 7. The van der Waals surface area contributed by atoms with E-state index in [1.54, 1.807) is 47.7 Å². The minimum Gasteiger partial charge on any atom is -0.472 e. The van der Waals surface area contributed by atoms with Crippen LogP contribution in [-0.4, -0.2) is 80.6 Å². The Balaban J connectivity index is 1.62. The highest BCUT2D eigenvalue weighted by Gasteiger charge is 2.34. The van der Waals surface area contributed by atoms with Gasteiger partial charge in [-0.2, -0.15) is 0 Å². The summed E-state index contributed by atoms with van der Waals surface area (Å²) in [5.41, 5.74) is 2.66. The second-order valence-electron chi connectivity index (χ2n) is 9.21. The molecule has 4 rings (SSSR count). The van der Waals surface area contributed by atoms with Crippen molar-refractivity contribution in [2.45, 2.75) is 32.4 Å². The molecule has 3 atom stereocenters. The number of carbonyl (C=O) groups is 2. The molecule has 36 heavy (non-hydrogen) atoms. The zero-order chi connectivity index (χ0) is 25.7. The maximum absolute atomic E-state index is 13.6. The van der Waals surface area contributed by atoms with Crippen molar-refractivity contribution in [3.8, 4) is 17.0 Å². The Morgan fingerprint density at radius 3 is 2.67 bits per heavy atom. The number of amides is 2. The number of ether oxygens (including phenoxy) is 1. The number of aliphatic hydroxyl groups excluding tert-OH is 1. The number of rotatable bonds is 7. The van der Waals surface area contributed by atoms with E-state index in [0.29, 0.717) is 24.3 Å². The standard InChI is InChI=1S/C27H31N5O4/c1-18-15-32(19(2)17-33)27(35)23-12-21(20-7-10-28-11-8-20)14-30-26(23)36-24(18)16-31(3)25(34)13-22-6-4-5-9-29-22/h4-12,14,18-19,24,33H,13,15-17H2,1-3H3/t18-,19-,24-/m1/s1. The van der Waals surface area contributed by atoms with Crippen LogP contribution in [0.15, 0.2) is 61.2 Å². The minimum absolute atomic E-state index is 0.0792. The van der Waals surface area contributed by atoms with Crippen LogP contribution in [0.3, 0.4) is 0 Å². The summed E-state index contributed by atoms with van der Waals surface area (Å²) in [6.07, 6.45) is 6.47. The van der Waals surface area contributed by atoms with Crippen LogP contribution in [-0.2, 0) is 11.2 Å². The Morgan fingerprint density at radius 2 is 1.97 bits per heavy atom. The van der Waals surface area contributed by atoms with E-state index in [9.17, 15) is 14.7 Å². The van der Waals surface area contributed by atoms with Crippen molar-refractivity contribution in [1.82, 2.24) is 24.8 Å². The van der Waals surface area contributed by atoms with Gasteiger partial charge in [0.15, 0.2) is 0 Å². The molecule has 0 aliphatic carbocycles. The predicted molar refractivity (Wildman–Crippen MR) is 134 cm³/mol. The maximum Gasteiger partial charge on any atom is 0.259 e. The van der Waals surface area contributed by atoms with Crippen LogP contribution in [0.2, 0.25) is 0 Å². The van der Waals surface area contributed by atoms with Crippen molar-refractivity contribution < 1.29 is 19.4 Å². The first-order valence-corrected chi connectivity index (χ1v) is 12.0. The van der Waals surface area contributed by atoms with Crippen molar-refractivity contribution in [2.75, 3.05) is 26.7 Å². The number of aromatic nitrogens is 3. The zero-order valence-electron chi connectivity index (χ0n) is 20.7. The van der Waals surface area contributed by atoms with E-state index in [0.717, 1.165) is 11.1 Å². The lowest BCUT2D eigenvalue weighted by molar-refractivity contribution is -0.130. The van der Waals surface area contributed by atoms with Gasteiger partial charge in [0.1, 0.15) is 11.7 Å². The lowest BCUT2D eigenvalue weighted by Gasteiger charge is -2.37. The van der Waals surface area contributed by atoms with Crippen LogP contribution in [0.4, 0.5) is 0 Å². The molecular weight excluding hydrogens is 458 g/mol. The first kappa shape index (κ1) is 25.2. The predicted octanol–water partition coefficient (Wildman–Crippen LogP) is 2.46.